The van der Waals surface area contributed by atoms with Crippen LogP contribution in [0.1, 0.15) is 25.0 Å². The summed E-state index contributed by atoms with van der Waals surface area (Å²) < 4.78 is 9.39. The van der Waals surface area contributed by atoms with E-state index >= 15 is 0 Å². The molecule has 2 heteroatoms. The summed E-state index contributed by atoms with van der Waals surface area (Å²) in [6, 6.07) is 58.2. The van der Waals surface area contributed by atoms with E-state index in [0.717, 1.165) is 27.5 Å². The van der Waals surface area contributed by atoms with Gasteiger partial charge in [0.15, 0.2) is 0 Å². The maximum Gasteiger partial charge on any atom is 0.143 e. The van der Waals surface area contributed by atoms with Gasteiger partial charge in [0.1, 0.15) is 11.2 Å². The average Bonchev–Trinajstić information content (AvgIpc) is 3.85. The molecule has 1 aliphatic carbocycles. The Bertz CT molecular complexity index is 3320. The Morgan fingerprint density at radius 1 is 0.453 bits per heavy atom. The molecule has 0 unspecified atom stereocenters. The van der Waals surface area contributed by atoms with Crippen LogP contribution in [0.15, 0.2) is 162 Å². The molecule has 12 rings (SSSR count). The molecule has 0 amide bonds. The van der Waals surface area contributed by atoms with Crippen molar-refractivity contribution in [2.45, 2.75) is 19.3 Å². The third kappa shape index (κ3) is 3.81. The Labute approximate surface area is 310 Å². The normalized spacial score (nSPS) is 13.6. The first-order valence-corrected chi connectivity index (χ1v) is 19.3. The van der Waals surface area contributed by atoms with Gasteiger partial charge in [-0.05, 0) is 78.3 Å². The maximum atomic E-state index is 6.64. The second kappa shape index (κ2) is 10.4. The smallest absolute Gasteiger partial charge is 0.143 e. The van der Waals surface area contributed by atoms with Gasteiger partial charge in [-0.3, -0.25) is 0 Å². The van der Waals surface area contributed by atoms with Crippen LogP contribution in [-0.4, -0.2) is 0 Å². The molecule has 0 N–H and O–H groups in total. The van der Waals surface area contributed by atoms with Crippen molar-refractivity contribution in [3.05, 3.63) is 169 Å². The van der Waals surface area contributed by atoms with Crippen molar-refractivity contribution in [3.63, 3.8) is 0 Å². The number of thiophene rings is 1. The molecule has 0 atom stereocenters. The molecule has 248 valence electrons. The fourth-order valence-electron chi connectivity index (χ4n) is 9.81. The molecular weight excluding hydrogens is 661 g/mol. The summed E-state index contributed by atoms with van der Waals surface area (Å²) in [6.07, 6.45) is 0. The SMILES string of the molecule is CC1(C)c2cc(-c3c4ccccc4c(-c4cccc5c4oc4ccccc45)c4ccccc34)ccc2-c2c1c1ccccc1c1c2sc2ccccc21. The van der Waals surface area contributed by atoms with Gasteiger partial charge in [-0.15, -0.1) is 11.3 Å². The first kappa shape index (κ1) is 29.4. The van der Waals surface area contributed by atoms with E-state index < -0.39 is 0 Å². The Kier molecular flexibility index (Phi) is 5.78. The van der Waals surface area contributed by atoms with E-state index in [-0.39, 0.29) is 5.41 Å². The van der Waals surface area contributed by atoms with Crippen LogP contribution in [0.4, 0.5) is 0 Å². The van der Waals surface area contributed by atoms with Crippen LogP contribution in [0.25, 0.3) is 108 Å². The molecule has 0 radical (unpaired) electrons. The zero-order chi connectivity index (χ0) is 35.0. The Morgan fingerprint density at radius 3 is 1.77 bits per heavy atom. The predicted octanol–water partition coefficient (Wildman–Crippen LogP) is 15.1. The van der Waals surface area contributed by atoms with Crippen molar-refractivity contribution in [1.82, 2.24) is 0 Å². The highest BCUT2D eigenvalue weighted by Crippen LogP contribution is 2.58. The summed E-state index contributed by atoms with van der Waals surface area (Å²) in [5, 5.41) is 12.7. The Balaban J connectivity index is 1.15. The number of benzene rings is 9. The van der Waals surface area contributed by atoms with Crippen molar-refractivity contribution in [2.75, 3.05) is 0 Å². The minimum absolute atomic E-state index is 0.187. The van der Waals surface area contributed by atoms with E-state index in [1.165, 1.54) is 91.4 Å². The van der Waals surface area contributed by atoms with Crippen LogP contribution < -0.4 is 0 Å². The lowest BCUT2D eigenvalue weighted by Gasteiger charge is -2.24. The lowest BCUT2D eigenvalue weighted by atomic mass is 9.78. The summed E-state index contributed by atoms with van der Waals surface area (Å²) in [4.78, 5) is 0. The van der Waals surface area contributed by atoms with Crippen LogP contribution in [0, 0.1) is 0 Å². The molecule has 0 aliphatic heterocycles. The zero-order valence-electron chi connectivity index (χ0n) is 29.3. The summed E-state index contributed by atoms with van der Waals surface area (Å²) in [6.45, 7) is 4.86. The highest BCUT2D eigenvalue weighted by atomic mass is 32.1. The van der Waals surface area contributed by atoms with Crippen molar-refractivity contribution in [1.29, 1.82) is 0 Å². The monoisotopic (exact) mass is 692 g/mol. The molecule has 0 bridgehead atoms. The minimum Gasteiger partial charge on any atom is -0.455 e. The molecule has 53 heavy (non-hydrogen) atoms. The van der Waals surface area contributed by atoms with E-state index in [1.54, 1.807) is 0 Å². The van der Waals surface area contributed by atoms with Gasteiger partial charge in [0, 0.05) is 53.1 Å². The molecule has 1 aliphatic rings. The minimum atomic E-state index is -0.187. The fraction of sp³-hybridized carbons (Fsp3) is 0.0588. The number of para-hydroxylation sites is 2. The summed E-state index contributed by atoms with van der Waals surface area (Å²) in [5.41, 5.74) is 12.2. The van der Waals surface area contributed by atoms with Gasteiger partial charge in [-0.1, -0.05) is 153 Å². The fourth-order valence-corrected chi connectivity index (χ4v) is 11.1. The van der Waals surface area contributed by atoms with E-state index in [1.807, 2.05) is 17.4 Å². The van der Waals surface area contributed by atoms with Gasteiger partial charge in [-0.25, -0.2) is 0 Å². The van der Waals surface area contributed by atoms with Crippen LogP contribution in [0.2, 0.25) is 0 Å². The second-order valence-corrected chi connectivity index (χ2v) is 16.2. The number of hydrogen-bond donors (Lipinski definition) is 0. The van der Waals surface area contributed by atoms with Crippen LogP contribution in [0.5, 0.6) is 0 Å². The molecule has 2 heterocycles. The summed E-state index contributed by atoms with van der Waals surface area (Å²) >= 11 is 1.94. The van der Waals surface area contributed by atoms with Crippen molar-refractivity contribution >= 4 is 85.8 Å². The summed E-state index contributed by atoms with van der Waals surface area (Å²) in [5.74, 6) is 0. The first-order valence-electron chi connectivity index (χ1n) is 18.4. The van der Waals surface area contributed by atoms with Gasteiger partial charge >= 0.3 is 0 Å². The van der Waals surface area contributed by atoms with E-state index in [0.29, 0.717) is 0 Å². The van der Waals surface area contributed by atoms with E-state index in [4.69, 9.17) is 4.42 Å². The summed E-state index contributed by atoms with van der Waals surface area (Å²) in [7, 11) is 0. The van der Waals surface area contributed by atoms with Gasteiger partial charge in [-0.2, -0.15) is 0 Å². The topological polar surface area (TPSA) is 13.1 Å². The lowest BCUT2D eigenvalue weighted by Crippen LogP contribution is -2.15. The van der Waals surface area contributed by atoms with Crippen LogP contribution in [-0.2, 0) is 5.41 Å². The Hall–Kier alpha value is -6.22. The molecule has 0 spiro atoms. The molecule has 0 saturated heterocycles. The van der Waals surface area contributed by atoms with E-state index in [9.17, 15) is 0 Å². The quantitative estimate of drug-likeness (QED) is 0.164. The maximum absolute atomic E-state index is 6.64. The third-order valence-electron chi connectivity index (χ3n) is 12.0. The molecule has 1 nitrogen and oxygen atoms in total. The number of fused-ring (bicyclic) bond motifs is 15. The average molecular weight is 693 g/mol. The molecular formula is C51H32OS. The first-order chi connectivity index (χ1) is 26.1. The highest BCUT2D eigenvalue weighted by molar-refractivity contribution is 7.26. The number of furan rings is 1. The van der Waals surface area contributed by atoms with Gasteiger partial charge in [0.05, 0.1) is 0 Å². The van der Waals surface area contributed by atoms with Gasteiger partial charge in [0.2, 0.25) is 0 Å². The molecule has 2 aromatic heterocycles. The molecule has 0 fully saturated rings. The molecule has 0 saturated carbocycles. The zero-order valence-corrected chi connectivity index (χ0v) is 30.1. The lowest BCUT2D eigenvalue weighted by molar-refractivity contribution is 0.667. The predicted molar refractivity (Wildman–Crippen MR) is 228 cm³/mol. The van der Waals surface area contributed by atoms with Gasteiger partial charge in [0.25, 0.3) is 0 Å². The van der Waals surface area contributed by atoms with Crippen LogP contribution >= 0.6 is 11.3 Å². The second-order valence-electron chi connectivity index (χ2n) is 15.1. The van der Waals surface area contributed by atoms with Crippen molar-refractivity contribution < 1.29 is 4.42 Å². The standard InChI is InChI=1S/C51H32OS/c1-51(2)41-28-29(26-27-38(41)47-48(51)36-20-8-7-19-35(36)46-39-21-10-12-25-43(39)53-50(46)47)44-31-15-3-5-17-33(31)45(34-18-6-4-16-32(34)44)40-23-13-22-37-30-14-9-11-24-42(30)52-49(37)40/h3-28H,1-2H3. The van der Waals surface area contributed by atoms with E-state index in [2.05, 4.69) is 166 Å². The Morgan fingerprint density at radius 2 is 1.04 bits per heavy atom. The van der Waals surface area contributed by atoms with Crippen molar-refractivity contribution in [3.8, 4) is 33.4 Å². The van der Waals surface area contributed by atoms with Crippen molar-refractivity contribution in [2.24, 2.45) is 0 Å². The third-order valence-corrected chi connectivity index (χ3v) is 13.2. The number of rotatable bonds is 2. The van der Waals surface area contributed by atoms with Gasteiger partial charge < -0.3 is 4.42 Å². The highest BCUT2D eigenvalue weighted by Gasteiger charge is 2.39. The molecule has 9 aromatic carbocycles. The largest absolute Gasteiger partial charge is 0.455 e. The molecule has 11 aromatic rings. The number of hydrogen-bond acceptors (Lipinski definition) is 2. The van der Waals surface area contributed by atoms with Crippen LogP contribution in [0.3, 0.4) is 0 Å².